The highest BCUT2D eigenvalue weighted by molar-refractivity contribution is 9.10. The monoisotopic (exact) mass is 354 g/mol. The molecule has 4 heteroatoms. The second kappa shape index (κ2) is 6.61. The van der Waals surface area contributed by atoms with E-state index < -0.39 is 6.10 Å². The van der Waals surface area contributed by atoms with E-state index in [-0.39, 0.29) is 0 Å². The van der Waals surface area contributed by atoms with Gasteiger partial charge in [-0.2, -0.15) is 0 Å². The maximum Gasteiger partial charge on any atom is 0.122 e. The van der Waals surface area contributed by atoms with Gasteiger partial charge in [0.25, 0.3) is 0 Å². The molecule has 20 heavy (non-hydrogen) atoms. The van der Waals surface area contributed by atoms with Gasteiger partial charge in [0.05, 0.1) is 13.2 Å². The van der Waals surface area contributed by atoms with Crippen molar-refractivity contribution in [2.24, 2.45) is 0 Å². The van der Waals surface area contributed by atoms with E-state index >= 15 is 0 Å². The number of aryl methyl sites for hydroxylation is 1. The normalized spacial score (nSPS) is 12.2. The van der Waals surface area contributed by atoms with Gasteiger partial charge in [-0.15, -0.1) is 0 Å². The van der Waals surface area contributed by atoms with E-state index in [0.29, 0.717) is 11.4 Å². The van der Waals surface area contributed by atoms with Crippen molar-refractivity contribution >= 4 is 27.5 Å². The molecule has 106 valence electrons. The Hall–Kier alpha value is -1.03. The minimum atomic E-state index is -0.615. The van der Waals surface area contributed by atoms with Crippen molar-refractivity contribution in [3.63, 3.8) is 0 Å². The van der Waals surface area contributed by atoms with Crippen LogP contribution in [0.15, 0.2) is 40.9 Å². The average molecular weight is 356 g/mol. The number of rotatable bonds is 4. The number of ether oxygens (including phenoxy) is 1. The highest BCUT2D eigenvalue weighted by Crippen LogP contribution is 2.29. The van der Waals surface area contributed by atoms with Gasteiger partial charge in [-0.25, -0.2) is 0 Å². The first-order valence-electron chi connectivity index (χ1n) is 6.27. The van der Waals surface area contributed by atoms with Crippen molar-refractivity contribution in [3.8, 4) is 5.75 Å². The number of methoxy groups -OCH3 is 1. The zero-order chi connectivity index (χ0) is 14.7. The third kappa shape index (κ3) is 3.75. The molecule has 0 amide bonds. The highest BCUT2D eigenvalue weighted by atomic mass is 79.9. The molecule has 2 rings (SSSR count). The molecule has 1 N–H and O–H groups in total. The fraction of sp³-hybridized carbons (Fsp3) is 0.250. The van der Waals surface area contributed by atoms with Crippen LogP contribution in [0.4, 0.5) is 0 Å². The lowest BCUT2D eigenvalue weighted by atomic mass is 9.99. The first kappa shape index (κ1) is 15.4. The van der Waals surface area contributed by atoms with E-state index in [1.807, 2.05) is 37.3 Å². The molecule has 2 aromatic carbocycles. The van der Waals surface area contributed by atoms with E-state index in [0.717, 1.165) is 26.9 Å². The van der Waals surface area contributed by atoms with Gasteiger partial charge in [0.2, 0.25) is 0 Å². The van der Waals surface area contributed by atoms with Gasteiger partial charge >= 0.3 is 0 Å². The van der Waals surface area contributed by atoms with Gasteiger partial charge in [0, 0.05) is 15.9 Å². The fourth-order valence-electron chi connectivity index (χ4n) is 2.19. The van der Waals surface area contributed by atoms with Crippen molar-refractivity contribution in [1.82, 2.24) is 0 Å². The van der Waals surface area contributed by atoms with Crippen molar-refractivity contribution in [2.45, 2.75) is 19.4 Å². The molecule has 2 aromatic rings. The van der Waals surface area contributed by atoms with Gasteiger partial charge in [0.1, 0.15) is 5.75 Å². The Morgan fingerprint density at radius 2 is 2.00 bits per heavy atom. The van der Waals surface area contributed by atoms with Gasteiger partial charge in [-0.05, 0) is 53.9 Å². The topological polar surface area (TPSA) is 29.5 Å². The van der Waals surface area contributed by atoms with E-state index in [9.17, 15) is 5.11 Å². The van der Waals surface area contributed by atoms with Crippen LogP contribution in [0.2, 0.25) is 5.02 Å². The molecular weight excluding hydrogens is 340 g/mol. The first-order chi connectivity index (χ1) is 9.49. The Morgan fingerprint density at radius 1 is 1.25 bits per heavy atom. The fourth-order valence-corrected chi connectivity index (χ4v) is 2.90. The van der Waals surface area contributed by atoms with E-state index in [1.165, 1.54) is 0 Å². The summed E-state index contributed by atoms with van der Waals surface area (Å²) >= 11 is 9.47. The van der Waals surface area contributed by atoms with Crippen LogP contribution < -0.4 is 4.74 Å². The Balaban J connectivity index is 2.27. The molecule has 0 bridgehead atoms. The molecular formula is C16H16BrClO2. The molecule has 0 aromatic heterocycles. The van der Waals surface area contributed by atoms with Crippen LogP contribution >= 0.6 is 27.5 Å². The third-order valence-corrected chi connectivity index (χ3v) is 3.82. The largest absolute Gasteiger partial charge is 0.496 e. The molecule has 0 saturated heterocycles. The van der Waals surface area contributed by atoms with Crippen LogP contribution in [0.25, 0.3) is 0 Å². The summed E-state index contributed by atoms with van der Waals surface area (Å²) in [6.45, 7) is 1.96. The summed E-state index contributed by atoms with van der Waals surface area (Å²) in [5.74, 6) is 0.769. The highest BCUT2D eigenvalue weighted by Gasteiger charge is 2.13. The second-order valence-corrected chi connectivity index (χ2v) is 6.09. The summed E-state index contributed by atoms with van der Waals surface area (Å²) in [5.41, 5.74) is 2.80. The van der Waals surface area contributed by atoms with Crippen molar-refractivity contribution in [2.75, 3.05) is 7.11 Å². The summed E-state index contributed by atoms with van der Waals surface area (Å²) in [7, 11) is 1.63. The number of hydrogen-bond acceptors (Lipinski definition) is 2. The van der Waals surface area contributed by atoms with Crippen molar-refractivity contribution in [1.29, 1.82) is 0 Å². The van der Waals surface area contributed by atoms with Crippen LogP contribution in [0.3, 0.4) is 0 Å². The Labute approximate surface area is 132 Å². The average Bonchev–Trinajstić information content (AvgIpc) is 2.37. The maximum absolute atomic E-state index is 10.4. The minimum Gasteiger partial charge on any atom is -0.496 e. The summed E-state index contributed by atoms with van der Waals surface area (Å²) in [5, 5.41) is 11.0. The number of benzene rings is 2. The summed E-state index contributed by atoms with van der Waals surface area (Å²) in [4.78, 5) is 0. The number of halogens is 2. The van der Waals surface area contributed by atoms with Crippen LogP contribution in [0.5, 0.6) is 5.75 Å². The summed E-state index contributed by atoms with van der Waals surface area (Å²) < 4.78 is 6.29. The van der Waals surface area contributed by atoms with Crippen molar-refractivity contribution in [3.05, 3.63) is 62.6 Å². The van der Waals surface area contributed by atoms with Crippen LogP contribution in [-0.2, 0) is 6.42 Å². The van der Waals surface area contributed by atoms with Gasteiger partial charge < -0.3 is 9.84 Å². The van der Waals surface area contributed by atoms with Crippen LogP contribution in [0.1, 0.15) is 22.8 Å². The lowest BCUT2D eigenvalue weighted by molar-refractivity contribution is 0.177. The molecule has 0 fully saturated rings. The number of aliphatic hydroxyl groups is 1. The smallest absolute Gasteiger partial charge is 0.122 e. The zero-order valence-corrected chi connectivity index (χ0v) is 13.7. The number of aliphatic hydroxyl groups excluding tert-OH is 1. The molecule has 0 aliphatic carbocycles. The molecule has 0 heterocycles. The number of hydrogen-bond donors (Lipinski definition) is 1. The van der Waals surface area contributed by atoms with Gasteiger partial charge in [-0.1, -0.05) is 33.6 Å². The van der Waals surface area contributed by atoms with E-state index in [1.54, 1.807) is 13.2 Å². The summed E-state index contributed by atoms with van der Waals surface area (Å²) in [6, 6.07) is 11.4. The molecule has 1 atom stereocenters. The molecule has 2 nitrogen and oxygen atoms in total. The van der Waals surface area contributed by atoms with Crippen LogP contribution in [0, 0.1) is 6.92 Å². The maximum atomic E-state index is 10.4. The van der Waals surface area contributed by atoms with E-state index in [2.05, 4.69) is 15.9 Å². The molecule has 0 aliphatic heterocycles. The molecule has 1 unspecified atom stereocenters. The predicted octanol–water partition coefficient (Wildman–Crippen LogP) is 4.70. The first-order valence-corrected chi connectivity index (χ1v) is 7.44. The molecule has 0 spiro atoms. The second-order valence-electron chi connectivity index (χ2n) is 4.74. The predicted molar refractivity (Wildman–Crippen MR) is 85.5 cm³/mol. The Morgan fingerprint density at radius 3 is 2.65 bits per heavy atom. The van der Waals surface area contributed by atoms with E-state index in [4.69, 9.17) is 16.3 Å². The zero-order valence-electron chi connectivity index (χ0n) is 11.4. The quantitative estimate of drug-likeness (QED) is 0.861. The minimum absolute atomic E-state index is 0.475. The van der Waals surface area contributed by atoms with Gasteiger partial charge in [0.15, 0.2) is 0 Å². The Bertz CT molecular complexity index is 593. The lowest BCUT2D eigenvalue weighted by Crippen LogP contribution is -2.04. The molecule has 0 saturated carbocycles. The standard InChI is InChI=1S/C16H16BrClO2/c1-10-5-11(8-14(18)6-10)15(19)9-12-7-13(17)3-4-16(12)20-2/h3-8,15,19H,9H2,1-2H3. The lowest BCUT2D eigenvalue weighted by Gasteiger charge is -2.15. The van der Waals surface area contributed by atoms with Crippen LogP contribution in [-0.4, -0.2) is 12.2 Å². The Kier molecular flexibility index (Phi) is 5.08. The molecule has 0 aliphatic rings. The van der Waals surface area contributed by atoms with Gasteiger partial charge in [-0.3, -0.25) is 0 Å². The summed E-state index contributed by atoms with van der Waals surface area (Å²) in [6.07, 6.45) is -0.141. The third-order valence-electron chi connectivity index (χ3n) is 3.10. The molecule has 0 radical (unpaired) electrons. The van der Waals surface area contributed by atoms with Crippen molar-refractivity contribution < 1.29 is 9.84 Å². The SMILES string of the molecule is COc1ccc(Br)cc1CC(O)c1cc(C)cc(Cl)c1.